The van der Waals surface area contributed by atoms with Crippen molar-refractivity contribution in [3.63, 3.8) is 0 Å². The number of hydrogen-bond donors (Lipinski definition) is 4. The molecule has 0 heterocycles. The van der Waals surface area contributed by atoms with Gasteiger partial charge in [-0.25, -0.2) is 4.39 Å². The Morgan fingerprint density at radius 1 is 1.06 bits per heavy atom. The number of aliphatic hydroxyl groups excluding tert-OH is 3. The molecule has 0 aliphatic heterocycles. The monoisotopic (exact) mass is 490 g/mol. The molecule has 2 aromatic carbocycles. The standard InChI is InChI=1S/C26H31FO8/c1-16(2)22-15-23(34-11-9-28)26(35-12-10-29)25(17-3-5-18(27)6-4-17)21(22)8-7-19(30)13-20(31)14-24(32)33/h3-8,15-16,19,28-30H,9-14H2,1-2H3,(H,32,33). The van der Waals surface area contributed by atoms with Crippen LogP contribution < -0.4 is 9.47 Å². The van der Waals surface area contributed by atoms with Crippen LogP contribution in [0.15, 0.2) is 36.4 Å². The van der Waals surface area contributed by atoms with E-state index in [4.69, 9.17) is 14.6 Å². The van der Waals surface area contributed by atoms with Crippen LogP contribution in [-0.4, -0.2) is 64.7 Å². The van der Waals surface area contributed by atoms with Gasteiger partial charge < -0.3 is 29.9 Å². The van der Waals surface area contributed by atoms with Crippen LogP contribution in [0.4, 0.5) is 4.39 Å². The van der Waals surface area contributed by atoms with Gasteiger partial charge in [0, 0.05) is 12.0 Å². The van der Waals surface area contributed by atoms with E-state index in [0.29, 0.717) is 22.4 Å². The topological polar surface area (TPSA) is 134 Å². The van der Waals surface area contributed by atoms with Crippen LogP contribution in [0, 0.1) is 5.82 Å². The van der Waals surface area contributed by atoms with Crippen molar-refractivity contribution in [1.29, 1.82) is 0 Å². The molecular weight excluding hydrogens is 459 g/mol. The van der Waals surface area contributed by atoms with Crippen LogP contribution in [0.1, 0.15) is 43.7 Å². The summed E-state index contributed by atoms with van der Waals surface area (Å²) in [6, 6.07) is 7.42. The zero-order valence-corrected chi connectivity index (χ0v) is 19.7. The fraction of sp³-hybridized carbons (Fsp3) is 0.385. The van der Waals surface area contributed by atoms with Crippen LogP contribution in [0.3, 0.4) is 0 Å². The fourth-order valence-corrected chi connectivity index (χ4v) is 3.54. The minimum atomic E-state index is -1.27. The zero-order valence-electron chi connectivity index (χ0n) is 19.7. The third-order valence-corrected chi connectivity index (χ3v) is 5.03. The molecule has 0 fully saturated rings. The number of carboxylic acid groups (broad SMARTS) is 1. The number of aliphatic hydroxyl groups is 3. The highest BCUT2D eigenvalue weighted by Gasteiger charge is 2.23. The summed E-state index contributed by atoms with van der Waals surface area (Å²) in [6.07, 6.45) is 0.720. The number of rotatable bonds is 14. The van der Waals surface area contributed by atoms with E-state index in [1.165, 1.54) is 18.2 Å². The first kappa shape index (κ1) is 28.0. The van der Waals surface area contributed by atoms with Gasteiger partial charge in [0.15, 0.2) is 11.5 Å². The molecule has 4 N–H and O–H groups in total. The van der Waals surface area contributed by atoms with E-state index in [0.717, 1.165) is 5.56 Å². The third-order valence-electron chi connectivity index (χ3n) is 5.03. The number of aliphatic carboxylic acids is 1. The second-order valence-electron chi connectivity index (χ2n) is 8.13. The van der Waals surface area contributed by atoms with Crippen molar-refractivity contribution < 1.29 is 43.9 Å². The fourth-order valence-electron chi connectivity index (χ4n) is 3.54. The summed E-state index contributed by atoms with van der Waals surface area (Å²) in [4.78, 5) is 22.5. The van der Waals surface area contributed by atoms with Gasteiger partial charge in [0.05, 0.1) is 19.3 Å². The number of Topliss-reactive ketones (excluding diaryl/α,β-unsaturated/α-hetero) is 1. The minimum Gasteiger partial charge on any atom is -0.487 e. The van der Waals surface area contributed by atoms with Gasteiger partial charge in [0.1, 0.15) is 31.2 Å². The van der Waals surface area contributed by atoms with Crippen LogP contribution >= 0.6 is 0 Å². The number of benzene rings is 2. The summed E-state index contributed by atoms with van der Waals surface area (Å²) in [5.41, 5.74) is 2.49. The van der Waals surface area contributed by atoms with Crippen LogP contribution in [0.2, 0.25) is 0 Å². The summed E-state index contributed by atoms with van der Waals surface area (Å²) < 4.78 is 25.2. The first-order valence-corrected chi connectivity index (χ1v) is 11.2. The number of carboxylic acids is 1. The second-order valence-corrected chi connectivity index (χ2v) is 8.13. The van der Waals surface area contributed by atoms with Crippen LogP contribution in [0.25, 0.3) is 17.2 Å². The Morgan fingerprint density at radius 2 is 1.69 bits per heavy atom. The lowest BCUT2D eigenvalue weighted by molar-refractivity contribution is -0.140. The predicted octanol–water partition coefficient (Wildman–Crippen LogP) is 3.17. The summed E-state index contributed by atoms with van der Waals surface area (Å²) in [5, 5.41) is 37.7. The lowest BCUT2D eigenvalue weighted by Crippen LogP contribution is -2.14. The average molecular weight is 491 g/mol. The maximum absolute atomic E-state index is 13.7. The average Bonchev–Trinajstić information content (AvgIpc) is 2.79. The Labute approximate surface area is 203 Å². The molecule has 0 amide bonds. The molecule has 0 aliphatic carbocycles. The summed E-state index contributed by atoms with van der Waals surface area (Å²) in [7, 11) is 0. The van der Waals surface area contributed by atoms with Gasteiger partial charge in [-0.3, -0.25) is 9.59 Å². The molecule has 0 radical (unpaired) electrons. The predicted molar refractivity (Wildman–Crippen MR) is 128 cm³/mol. The maximum Gasteiger partial charge on any atom is 0.310 e. The molecule has 190 valence electrons. The lowest BCUT2D eigenvalue weighted by atomic mass is 9.88. The van der Waals surface area contributed by atoms with E-state index in [1.54, 1.807) is 24.3 Å². The summed E-state index contributed by atoms with van der Waals surface area (Å²) in [6.45, 7) is 3.32. The molecule has 1 unspecified atom stereocenters. The molecule has 0 aromatic heterocycles. The summed E-state index contributed by atoms with van der Waals surface area (Å²) >= 11 is 0. The third kappa shape index (κ3) is 8.17. The molecule has 0 aliphatic rings. The molecule has 35 heavy (non-hydrogen) atoms. The largest absolute Gasteiger partial charge is 0.487 e. The SMILES string of the molecule is CC(C)c1cc(OCCO)c(OCCO)c(-c2ccc(F)cc2)c1C=CC(O)CC(=O)CC(=O)O. The molecule has 0 saturated heterocycles. The summed E-state index contributed by atoms with van der Waals surface area (Å²) in [5.74, 6) is -1.77. The number of carbonyl (C=O) groups excluding carboxylic acids is 1. The van der Waals surface area contributed by atoms with Gasteiger partial charge in [-0.1, -0.05) is 38.1 Å². The van der Waals surface area contributed by atoms with E-state index in [1.807, 2.05) is 13.8 Å². The number of ether oxygens (including phenoxy) is 2. The highest BCUT2D eigenvalue weighted by Crippen LogP contribution is 2.45. The maximum atomic E-state index is 13.7. The molecule has 9 heteroatoms. The number of halogens is 1. The van der Waals surface area contributed by atoms with Gasteiger partial charge >= 0.3 is 5.97 Å². The van der Waals surface area contributed by atoms with Crippen molar-refractivity contribution in [3.8, 4) is 22.6 Å². The first-order chi connectivity index (χ1) is 16.7. The van der Waals surface area contributed by atoms with E-state index < -0.39 is 30.1 Å². The quantitative estimate of drug-likeness (QED) is 0.297. The van der Waals surface area contributed by atoms with Crippen molar-refractivity contribution in [2.45, 2.75) is 38.7 Å². The molecule has 2 aromatic rings. The Hall–Kier alpha value is -3.27. The molecule has 0 saturated carbocycles. The van der Waals surface area contributed by atoms with Gasteiger partial charge in [0.25, 0.3) is 0 Å². The Kier molecular flexibility index (Phi) is 10.8. The van der Waals surface area contributed by atoms with Crippen molar-refractivity contribution in [2.24, 2.45) is 0 Å². The van der Waals surface area contributed by atoms with Crippen LogP contribution in [0.5, 0.6) is 11.5 Å². The smallest absolute Gasteiger partial charge is 0.310 e. The Bertz CT molecular complexity index is 1030. The van der Waals surface area contributed by atoms with Gasteiger partial charge in [0.2, 0.25) is 0 Å². The first-order valence-electron chi connectivity index (χ1n) is 11.2. The van der Waals surface area contributed by atoms with Gasteiger partial charge in [-0.15, -0.1) is 0 Å². The van der Waals surface area contributed by atoms with E-state index in [2.05, 4.69) is 0 Å². The molecule has 0 spiro atoms. The van der Waals surface area contributed by atoms with Crippen molar-refractivity contribution >= 4 is 17.8 Å². The zero-order chi connectivity index (χ0) is 26.0. The Morgan fingerprint density at radius 3 is 2.26 bits per heavy atom. The second kappa shape index (κ2) is 13.6. The normalized spacial score (nSPS) is 12.2. The number of ketones is 1. The number of hydrogen-bond acceptors (Lipinski definition) is 7. The molecule has 1 atom stereocenters. The van der Waals surface area contributed by atoms with E-state index in [-0.39, 0.29) is 44.5 Å². The van der Waals surface area contributed by atoms with Crippen molar-refractivity contribution in [1.82, 2.24) is 0 Å². The lowest BCUT2D eigenvalue weighted by Gasteiger charge is -2.23. The van der Waals surface area contributed by atoms with Gasteiger partial charge in [-0.2, -0.15) is 0 Å². The minimum absolute atomic E-state index is 0.00450. The van der Waals surface area contributed by atoms with Crippen molar-refractivity contribution in [3.05, 3.63) is 53.4 Å². The molecule has 2 rings (SSSR count). The molecule has 8 nitrogen and oxygen atoms in total. The van der Waals surface area contributed by atoms with E-state index >= 15 is 0 Å². The van der Waals surface area contributed by atoms with Crippen LogP contribution in [-0.2, 0) is 9.59 Å². The highest BCUT2D eigenvalue weighted by atomic mass is 19.1. The number of carbonyl (C=O) groups is 2. The van der Waals surface area contributed by atoms with E-state index in [9.17, 15) is 29.3 Å². The Balaban J connectivity index is 2.69. The molecule has 0 bridgehead atoms. The van der Waals surface area contributed by atoms with Crippen molar-refractivity contribution in [2.75, 3.05) is 26.4 Å². The van der Waals surface area contributed by atoms with Gasteiger partial charge in [-0.05, 0) is 40.8 Å². The highest BCUT2D eigenvalue weighted by molar-refractivity contribution is 5.95. The molecular formula is C26H31FO8.